The molecule has 4 aromatic heterocycles. The Hall–Kier alpha value is -6.18. The van der Waals surface area contributed by atoms with E-state index in [0.717, 1.165) is 45.0 Å². The van der Waals surface area contributed by atoms with Crippen LogP contribution in [-0.4, -0.2) is 52.2 Å². The summed E-state index contributed by atoms with van der Waals surface area (Å²) in [4.78, 5) is 17.9. The summed E-state index contributed by atoms with van der Waals surface area (Å²) < 4.78 is 0. The van der Waals surface area contributed by atoms with Crippen LogP contribution >= 0.6 is 0 Å². The standard InChI is InChI=1S/2C21H22NSi.2C20H20NSi.4Ir/c1-16-11-12-21(22-15-16)19-9-5-7-17(13-19)18-8-6-10-20(14-18)23(2,3)4;1-16-12-13-20(22-15-16)18-9-7-8-17(14-18)19-10-5-6-11-21(19)23(2,3)4;1-22(2,3)19-11-7-9-17(15-19)16-8-6-10-18(14-16)20-12-4-5-13-21-20;1-22(2,3)20-13-5-4-11-18(20)16-9-8-10-17(15-16)19-12-6-7-14-21-19;;;;/h2*5-8,10-15H,1-4H3;2*4-9,11-15H,1-3H3;;;;/q4*-1;;;;. The molecule has 0 unspecified atom stereocenters. The van der Waals surface area contributed by atoms with Crippen molar-refractivity contribution < 1.29 is 80.4 Å². The van der Waals surface area contributed by atoms with Crippen molar-refractivity contribution in [2.75, 3.05) is 0 Å². The molecule has 0 spiro atoms. The number of pyridine rings is 4. The molecule has 4 nitrogen and oxygen atoms in total. The maximum Gasteiger partial charge on any atom is 0.0783 e. The minimum absolute atomic E-state index is 0. The van der Waals surface area contributed by atoms with E-state index in [9.17, 15) is 0 Å². The summed E-state index contributed by atoms with van der Waals surface area (Å²) in [5.74, 6) is 0. The van der Waals surface area contributed by atoms with Gasteiger partial charge in [-0.2, -0.15) is 0 Å². The van der Waals surface area contributed by atoms with Gasteiger partial charge in [-0.3, -0.25) is 0 Å². The van der Waals surface area contributed by atoms with Gasteiger partial charge < -0.3 is 19.9 Å². The van der Waals surface area contributed by atoms with Crippen molar-refractivity contribution in [1.29, 1.82) is 0 Å². The van der Waals surface area contributed by atoms with Crippen molar-refractivity contribution in [1.82, 2.24) is 19.9 Å². The third-order valence-corrected chi connectivity index (χ3v) is 23.9. The first kappa shape index (κ1) is 78.5. The number of aryl methyl sites for hydroxylation is 2. The van der Waals surface area contributed by atoms with Crippen molar-refractivity contribution in [3.63, 3.8) is 0 Å². The van der Waals surface area contributed by atoms with Crippen LogP contribution in [0.3, 0.4) is 0 Å². The van der Waals surface area contributed by atoms with E-state index < -0.39 is 32.3 Å². The van der Waals surface area contributed by atoms with Crippen LogP contribution in [0.25, 0.3) is 89.5 Å². The normalized spacial score (nSPS) is 11.0. The summed E-state index contributed by atoms with van der Waals surface area (Å²) in [5, 5.41) is 5.96. The Bertz CT molecular complexity index is 4310. The van der Waals surface area contributed by atoms with E-state index in [2.05, 4.69) is 306 Å². The number of rotatable bonds is 12. The van der Waals surface area contributed by atoms with E-state index in [-0.39, 0.29) is 80.4 Å². The van der Waals surface area contributed by atoms with Crippen molar-refractivity contribution >= 4 is 53.0 Å². The maximum atomic E-state index is 4.53. The SMILES string of the molecule is C[Si](C)(C)c1cccc(-c2cc[c-]c(-c3ccccn3)c2)c1.C[Si](C)(C)c1ccccc1-c1cc[c-]c(-c2ccccn2)c1.Cc1ccc(-c2[c-]ccc(-c3cccc([Si](C)(C)C)c3)c2)nc1.Cc1ccc(-c2[c-]ccc(-c3ccccc3[Si](C)(C)C)c2)nc1.[Ir].[Ir].[Ir].[Ir]. The predicted octanol–water partition coefficient (Wildman–Crippen LogP) is 19.7. The van der Waals surface area contributed by atoms with Gasteiger partial charge in [0, 0.05) is 105 Å². The zero-order valence-electron chi connectivity index (χ0n) is 56.4. The summed E-state index contributed by atoms with van der Waals surface area (Å²) in [7, 11) is -5.37. The maximum absolute atomic E-state index is 4.53. The predicted molar refractivity (Wildman–Crippen MR) is 397 cm³/mol. The minimum atomic E-state index is -1.39. The Morgan fingerprint density at radius 3 is 0.883 bits per heavy atom. The van der Waals surface area contributed by atoms with E-state index in [1.165, 1.54) is 76.4 Å². The van der Waals surface area contributed by atoms with Gasteiger partial charge in [-0.05, 0) is 82.1 Å². The Labute approximate surface area is 620 Å². The monoisotopic (exact) mass is 2010 g/mol. The molecule has 8 aromatic carbocycles. The average molecular weight is 2010 g/mol. The van der Waals surface area contributed by atoms with E-state index in [1.807, 2.05) is 85.5 Å². The van der Waals surface area contributed by atoms with Gasteiger partial charge >= 0.3 is 0 Å². The fourth-order valence-corrected chi connectivity index (χ4v) is 16.2. The first-order valence-corrected chi connectivity index (χ1v) is 45.2. The molecule has 0 bridgehead atoms. The quantitative estimate of drug-likeness (QED) is 0.0903. The van der Waals surface area contributed by atoms with Crippen LogP contribution in [0.5, 0.6) is 0 Å². The second kappa shape index (κ2) is 35.7. The average Bonchev–Trinajstić information content (AvgIpc) is 0.844. The molecule has 0 saturated carbocycles. The fourth-order valence-electron chi connectivity index (χ4n) is 10.6. The first-order valence-electron chi connectivity index (χ1n) is 31.2. The third-order valence-electron chi connectivity index (χ3n) is 15.7. The second-order valence-electron chi connectivity index (χ2n) is 27.1. The summed E-state index contributed by atoms with van der Waals surface area (Å²) in [6.07, 6.45) is 7.46. The summed E-state index contributed by atoms with van der Waals surface area (Å²) in [6.45, 7) is 32.7. The fraction of sp³-hybridized carbons (Fsp3) is 0.171. The minimum Gasteiger partial charge on any atom is -0.305 e. The molecule has 0 amide bonds. The summed E-state index contributed by atoms with van der Waals surface area (Å²) in [5.41, 5.74) is 20.6. The molecule has 12 aromatic rings. The van der Waals surface area contributed by atoms with Crippen LogP contribution in [0, 0.1) is 38.1 Å². The van der Waals surface area contributed by atoms with Gasteiger partial charge in [0.05, 0.1) is 32.3 Å². The molecule has 488 valence electrons. The molecule has 0 aliphatic rings. The third kappa shape index (κ3) is 21.9. The molecule has 0 aliphatic carbocycles. The van der Waals surface area contributed by atoms with Crippen molar-refractivity contribution in [2.24, 2.45) is 0 Å². The summed E-state index contributed by atoms with van der Waals surface area (Å²) in [6, 6.07) is 94.2. The number of hydrogen-bond donors (Lipinski definition) is 0. The van der Waals surface area contributed by atoms with Crippen LogP contribution in [0.1, 0.15) is 11.1 Å². The van der Waals surface area contributed by atoms with Crippen molar-refractivity contribution in [2.45, 2.75) is 92.4 Å². The molecule has 4 radical (unpaired) electrons. The molecule has 0 saturated heterocycles. The summed E-state index contributed by atoms with van der Waals surface area (Å²) >= 11 is 0. The molecule has 4 heterocycles. The van der Waals surface area contributed by atoms with Gasteiger partial charge in [0.15, 0.2) is 0 Å². The Kier molecular flexibility index (Phi) is 29.8. The van der Waals surface area contributed by atoms with E-state index in [0.29, 0.717) is 0 Å². The van der Waals surface area contributed by atoms with E-state index in [1.54, 1.807) is 0 Å². The molecular formula is C82H84Ir4N4Si4-4. The van der Waals surface area contributed by atoms with E-state index >= 15 is 0 Å². The Morgan fingerprint density at radius 2 is 0.574 bits per heavy atom. The van der Waals surface area contributed by atoms with Crippen LogP contribution in [0.2, 0.25) is 78.6 Å². The second-order valence-corrected chi connectivity index (χ2v) is 47.3. The number of nitrogens with zero attached hydrogens (tertiary/aromatic N) is 4. The molecule has 0 aliphatic heterocycles. The Morgan fingerprint density at radius 1 is 0.266 bits per heavy atom. The molecule has 12 rings (SSSR count). The zero-order valence-corrected chi connectivity index (χ0v) is 70.0. The van der Waals surface area contributed by atoms with Gasteiger partial charge in [0.2, 0.25) is 0 Å². The van der Waals surface area contributed by atoms with Gasteiger partial charge in [-0.1, -0.05) is 245 Å². The number of hydrogen-bond acceptors (Lipinski definition) is 4. The van der Waals surface area contributed by atoms with Crippen LogP contribution < -0.4 is 20.7 Å². The molecule has 12 heteroatoms. The first-order chi connectivity index (χ1) is 43.0. The topological polar surface area (TPSA) is 51.6 Å². The van der Waals surface area contributed by atoms with Gasteiger partial charge in [0.25, 0.3) is 0 Å². The smallest absolute Gasteiger partial charge is 0.0783 e. The van der Waals surface area contributed by atoms with Crippen LogP contribution in [0.15, 0.2) is 255 Å². The molecule has 0 N–H and O–H groups in total. The van der Waals surface area contributed by atoms with Gasteiger partial charge in [0.1, 0.15) is 0 Å². The van der Waals surface area contributed by atoms with Gasteiger partial charge in [-0.15, -0.1) is 142 Å². The van der Waals surface area contributed by atoms with Crippen molar-refractivity contribution in [3.8, 4) is 89.5 Å². The van der Waals surface area contributed by atoms with Crippen LogP contribution in [0.4, 0.5) is 0 Å². The van der Waals surface area contributed by atoms with Crippen LogP contribution in [-0.2, 0) is 80.4 Å². The van der Waals surface area contributed by atoms with E-state index in [4.69, 9.17) is 0 Å². The molecule has 94 heavy (non-hydrogen) atoms. The zero-order chi connectivity index (χ0) is 64.1. The number of aromatic nitrogens is 4. The molecule has 0 fully saturated rings. The molecular weight excluding hydrogens is 1920 g/mol. The van der Waals surface area contributed by atoms with Gasteiger partial charge in [-0.25, -0.2) is 0 Å². The molecule has 0 atom stereocenters. The van der Waals surface area contributed by atoms with Crippen molar-refractivity contribution in [3.05, 3.63) is 291 Å². The Balaban J connectivity index is 0.000000224. The number of benzene rings is 8. The largest absolute Gasteiger partial charge is 0.305 e.